The fraction of sp³-hybridized carbons (Fsp3) is 0.619. The molecule has 0 spiro atoms. The molecule has 0 aromatic heterocycles. The van der Waals surface area contributed by atoms with Crippen molar-refractivity contribution < 1.29 is 14.3 Å². The number of nitrogens with one attached hydrogen (secondary N) is 2. The molecule has 0 saturated carbocycles. The Morgan fingerprint density at radius 2 is 2.19 bits per heavy atom. The van der Waals surface area contributed by atoms with Crippen LogP contribution < -0.4 is 15.4 Å². The Morgan fingerprint density at radius 1 is 1.37 bits per heavy atom. The minimum absolute atomic E-state index is 0.00235. The second kappa shape index (κ2) is 8.30. The van der Waals surface area contributed by atoms with Gasteiger partial charge in [-0.05, 0) is 69.3 Å². The standard InChI is InChI=1S/C21H31N3O3/c1-15-5-4-10-24(12-15)21(2,3)14-22-20(26)13-27-17-7-8-18-16(11-17)6-9-19(25)23-18/h7-8,11,15H,4-6,9-10,12-14H2,1-3H3,(H,22,26)(H,23,25). The molecule has 2 N–H and O–H groups in total. The maximum absolute atomic E-state index is 12.2. The molecule has 6 nitrogen and oxygen atoms in total. The fourth-order valence-electron chi connectivity index (χ4n) is 3.82. The van der Waals surface area contributed by atoms with Crippen molar-refractivity contribution in [2.45, 2.75) is 52.0 Å². The summed E-state index contributed by atoms with van der Waals surface area (Å²) in [5.41, 5.74) is 1.82. The summed E-state index contributed by atoms with van der Waals surface area (Å²) in [5.74, 6) is 1.30. The van der Waals surface area contributed by atoms with Gasteiger partial charge in [0.05, 0.1) is 0 Å². The van der Waals surface area contributed by atoms with Crippen molar-refractivity contribution in [1.82, 2.24) is 10.2 Å². The molecule has 2 aliphatic rings. The first-order valence-corrected chi connectivity index (χ1v) is 9.91. The molecule has 1 fully saturated rings. The number of carbonyl (C=O) groups is 2. The van der Waals surface area contributed by atoms with E-state index >= 15 is 0 Å². The van der Waals surface area contributed by atoms with Gasteiger partial charge >= 0.3 is 0 Å². The van der Waals surface area contributed by atoms with Gasteiger partial charge in [0.1, 0.15) is 5.75 Å². The first-order chi connectivity index (χ1) is 12.8. The molecule has 1 saturated heterocycles. The van der Waals surface area contributed by atoms with Gasteiger partial charge < -0.3 is 15.4 Å². The zero-order valence-electron chi connectivity index (χ0n) is 16.6. The van der Waals surface area contributed by atoms with E-state index in [9.17, 15) is 9.59 Å². The lowest BCUT2D eigenvalue weighted by molar-refractivity contribution is -0.123. The van der Waals surface area contributed by atoms with E-state index in [1.54, 1.807) is 6.07 Å². The largest absolute Gasteiger partial charge is 0.484 e. The maximum atomic E-state index is 12.2. The Bertz CT molecular complexity index is 702. The van der Waals surface area contributed by atoms with Crippen molar-refractivity contribution >= 4 is 17.5 Å². The van der Waals surface area contributed by atoms with Crippen LogP contribution in [0.4, 0.5) is 5.69 Å². The number of likely N-dealkylation sites (tertiary alicyclic amines) is 1. The molecule has 0 bridgehead atoms. The summed E-state index contributed by atoms with van der Waals surface area (Å²) in [7, 11) is 0. The number of aryl methyl sites for hydroxylation is 1. The van der Waals surface area contributed by atoms with Crippen molar-refractivity contribution in [2.75, 3.05) is 31.6 Å². The molecule has 0 radical (unpaired) electrons. The Balaban J connectivity index is 1.46. The number of hydrogen-bond donors (Lipinski definition) is 2. The third-order valence-electron chi connectivity index (χ3n) is 5.57. The molecule has 1 unspecified atom stereocenters. The Kier molecular flexibility index (Phi) is 6.05. The van der Waals surface area contributed by atoms with E-state index in [1.807, 2.05) is 12.1 Å². The van der Waals surface area contributed by atoms with Crippen molar-refractivity contribution in [2.24, 2.45) is 5.92 Å². The number of benzene rings is 1. The van der Waals surface area contributed by atoms with Crippen LogP contribution in [0.3, 0.4) is 0 Å². The minimum Gasteiger partial charge on any atom is -0.484 e. The highest BCUT2D eigenvalue weighted by molar-refractivity contribution is 5.94. The van der Waals surface area contributed by atoms with Gasteiger partial charge in [-0.3, -0.25) is 14.5 Å². The van der Waals surface area contributed by atoms with Gasteiger partial charge in [-0.1, -0.05) is 6.92 Å². The average molecular weight is 373 g/mol. The van der Waals surface area contributed by atoms with Crippen LogP contribution in [-0.2, 0) is 16.0 Å². The number of fused-ring (bicyclic) bond motifs is 1. The summed E-state index contributed by atoms with van der Waals surface area (Å²) in [6.07, 6.45) is 3.70. The second-order valence-corrected chi connectivity index (χ2v) is 8.44. The molecule has 1 atom stereocenters. The van der Waals surface area contributed by atoms with Gasteiger partial charge in [0.15, 0.2) is 6.61 Å². The van der Waals surface area contributed by atoms with E-state index in [1.165, 1.54) is 12.8 Å². The van der Waals surface area contributed by atoms with Crippen LogP contribution in [0.5, 0.6) is 5.75 Å². The number of piperidine rings is 1. The van der Waals surface area contributed by atoms with Gasteiger partial charge in [0.25, 0.3) is 5.91 Å². The lowest BCUT2D eigenvalue weighted by Crippen LogP contribution is -2.55. The topological polar surface area (TPSA) is 70.7 Å². The molecular formula is C21H31N3O3. The van der Waals surface area contributed by atoms with Crippen LogP contribution >= 0.6 is 0 Å². The summed E-state index contributed by atoms with van der Waals surface area (Å²) in [4.78, 5) is 26.1. The van der Waals surface area contributed by atoms with E-state index in [-0.39, 0.29) is 24.0 Å². The van der Waals surface area contributed by atoms with Crippen molar-refractivity contribution in [3.8, 4) is 5.75 Å². The van der Waals surface area contributed by atoms with E-state index in [0.717, 1.165) is 24.3 Å². The summed E-state index contributed by atoms with van der Waals surface area (Å²) >= 11 is 0. The van der Waals surface area contributed by atoms with E-state index in [0.29, 0.717) is 31.1 Å². The van der Waals surface area contributed by atoms with Crippen LogP contribution in [0.25, 0.3) is 0 Å². The Labute approximate surface area is 161 Å². The molecule has 27 heavy (non-hydrogen) atoms. The Hall–Kier alpha value is -2.08. The zero-order valence-corrected chi connectivity index (χ0v) is 16.6. The zero-order chi connectivity index (χ0) is 19.4. The predicted molar refractivity (Wildman–Crippen MR) is 106 cm³/mol. The fourth-order valence-corrected chi connectivity index (χ4v) is 3.82. The monoisotopic (exact) mass is 373 g/mol. The summed E-state index contributed by atoms with van der Waals surface area (Å²) < 4.78 is 5.65. The quantitative estimate of drug-likeness (QED) is 0.804. The lowest BCUT2D eigenvalue weighted by atomic mass is 9.93. The number of anilines is 1. The normalized spacial score (nSPS) is 20.6. The minimum atomic E-state index is -0.112. The van der Waals surface area contributed by atoms with Gasteiger partial charge in [0.2, 0.25) is 5.91 Å². The molecule has 2 aliphatic heterocycles. The first-order valence-electron chi connectivity index (χ1n) is 9.91. The van der Waals surface area contributed by atoms with Crippen LogP contribution in [-0.4, -0.2) is 48.5 Å². The smallest absolute Gasteiger partial charge is 0.258 e. The summed E-state index contributed by atoms with van der Waals surface area (Å²) in [6.45, 7) is 9.45. The van der Waals surface area contributed by atoms with E-state index in [4.69, 9.17) is 4.74 Å². The molecule has 0 aliphatic carbocycles. The van der Waals surface area contributed by atoms with Crippen molar-refractivity contribution in [3.63, 3.8) is 0 Å². The molecule has 148 valence electrons. The first kappa shape index (κ1) is 19.7. The van der Waals surface area contributed by atoms with Gasteiger partial charge in [-0.2, -0.15) is 0 Å². The maximum Gasteiger partial charge on any atom is 0.258 e. The van der Waals surface area contributed by atoms with Crippen LogP contribution in [0.15, 0.2) is 18.2 Å². The highest BCUT2D eigenvalue weighted by Crippen LogP contribution is 2.27. The molecule has 1 aromatic rings. The molecule has 2 amide bonds. The SMILES string of the molecule is CC1CCCN(C(C)(C)CNC(=O)COc2ccc3c(c2)CCC(=O)N3)C1. The second-order valence-electron chi connectivity index (χ2n) is 8.44. The molecule has 2 heterocycles. The summed E-state index contributed by atoms with van der Waals surface area (Å²) in [5, 5.41) is 5.86. The third-order valence-corrected chi connectivity index (χ3v) is 5.57. The van der Waals surface area contributed by atoms with Crippen LogP contribution in [0.2, 0.25) is 0 Å². The molecule has 6 heteroatoms. The number of nitrogens with zero attached hydrogens (tertiary/aromatic N) is 1. The number of ether oxygens (including phenoxy) is 1. The molecular weight excluding hydrogens is 342 g/mol. The number of hydrogen-bond acceptors (Lipinski definition) is 4. The van der Waals surface area contributed by atoms with Crippen LogP contribution in [0, 0.1) is 5.92 Å². The van der Waals surface area contributed by atoms with Gasteiger partial charge in [0, 0.05) is 30.7 Å². The molecule has 1 aromatic carbocycles. The van der Waals surface area contributed by atoms with Gasteiger partial charge in [-0.25, -0.2) is 0 Å². The lowest BCUT2D eigenvalue weighted by Gasteiger charge is -2.43. The number of amides is 2. The highest BCUT2D eigenvalue weighted by atomic mass is 16.5. The van der Waals surface area contributed by atoms with Crippen LogP contribution in [0.1, 0.15) is 45.6 Å². The summed E-state index contributed by atoms with van der Waals surface area (Å²) in [6, 6.07) is 5.53. The van der Waals surface area contributed by atoms with E-state index in [2.05, 4.69) is 36.3 Å². The predicted octanol–water partition coefficient (Wildman–Crippen LogP) is 2.58. The number of rotatable bonds is 6. The van der Waals surface area contributed by atoms with E-state index < -0.39 is 0 Å². The molecule has 3 rings (SSSR count). The average Bonchev–Trinajstić information content (AvgIpc) is 2.64. The van der Waals surface area contributed by atoms with Crippen molar-refractivity contribution in [1.29, 1.82) is 0 Å². The van der Waals surface area contributed by atoms with Crippen molar-refractivity contribution in [3.05, 3.63) is 23.8 Å². The third kappa shape index (κ3) is 5.22. The number of carbonyl (C=O) groups excluding carboxylic acids is 2. The Morgan fingerprint density at radius 3 is 2.96 bits per heavy atom. The highest BCUT2D eigenvalue weighted by Gasteiger charge is 2.30. The van der Waals surface area contributed by atoms with Gasteiger partial charge in [-0.15, -0.1) is 0 Å².